The number of aromatic nitrogens is 5. The minimum Gasteiger partial charge on any atom is -0.352 e. The highest BCUT2D eigenvalue weighted by molar-refractivity contribution is 5.87. The fourth-order valence-corrected chi connectivity index (χ4v) is 3.68. The maximum absolute atomic E-state index is 13.5. The van der Waals surface area contributed by atoms with E-state index in [-0.39, 0.29) is 5.82 Å². The zero-order chi connectivity index (χ0) is 21.4. The van der Waals surface area contributed by atoms with E-state index in [1.165, 1.54) is 12.1 Å². The lowest BCUT2D eigenvalue weighted by Crippen LogP contribution is -2.01. The summed E-state index contributed by atoms with van der Waals surface area (Å²) in [5.41, 5.74) is 6.22. The molecule has 0 fully saturated rings. The molecule has 5 rings (SSSR count). The highest BCUT2D eigenvalue weighted by Gasteiger charge is 2.16. The summed E-state index contributed by atoms with van der Waals surface area (Å²) in [6.07, 6.45) is 1.85. The lowest BCUT2D eigenvalue weighted by molar-refractivity contribution is 0.626. The van der Waals surface area contributed by atoms with Crippen molar-refractivity contribution < 1.29 is 4.39 Å². The molecule has 0 radical (unpaired) electrons. The van der Waals surface area contributed by atoms with Gasteiger partial charge in [0.05, 0.1) is 28.8 Å². The van der Waals surface area contributed by atoms with Crippen LogP contribution in [0.4, 0.5) is 10.3 Å². The molecule has 6 nitrogen and oxygen atoms in total. The summed E-state index contributed by atoms with van der Waals surface area (Å²) in [7, 11) is 1.92. The van der Waals surface area contributed by atoms with Gasteiger partial charge in [-0.15, -0.1) is 0 Å². The van der Waals surface area contributed by atoms with Gasteiger partial charge in [0.1, 0.15) is 5.82 Å². The summed E-state index contributed by atoms with van der Waals surface area (Å²) in [5.74, 6) is 0.345. The number of benzene rings is 2. The third-order valence-corrected chi connectivity index (χ3v) is 5.22. The number of aromatic amines is 1. The zero-order valence-corrected chi connectivity index (χ0v) is 17.2. The Morgan fingerprint density at radius 1 is 1.03 bits per heavy atom. The molecule has 0 unspecified atom stereocenters. The van der Waals surface area contributed by atoms with Crippen molar-refractivity contribution >= 4 is 16.9 Å². The van der Waals surface area contributed by atoms with Crippen LogP contribution < -0.4 is 5.32 Å². The molecule has 0 aliphatic rings. The standard InChI is InChI=1S/C24H21FN6/c1-15-5-3-8-20(28-15)23-22(17-9-10-21-18(12-17)14-27-31(21)2)29-24(30-23)26-13-16-6-4-7-19(25)11-16/h3-12,14H,13H2,1-2H3,(H2,26,29,30). The first-order chi connectivity index (χ1) is 15.1. The van der Waals surface area contributed by atoms with Crippen LogP contribution in [-0.4, -0.2) is 24.7 Å². The van der Waals surface area contributed by atoms with Gasteiger partial charge in [-0.25, -0.2) is 9.37 Å². The predicted molar refractivity (Wildman–Crippen MR) is 120 cm³/mol. The van der Waals surface area contributed by atoms with Gasteiger partial charge in [-0.05, 0) is 48.9 Å². The molecule has 0 saturated heterocycles. The third-order valence-electron chi connectivity index (χ3n) is 5.22. The lowest BCUT2D eigenvalue weighted by Gasteiger charge is -2.04. The van der Waals surface area contributed by atoms with Gasteiger partial charge >= 0.3 is 0 Å². The Hall–Kier alpha value is -4.00. The molecule has 3 aromatic heterocycles. The second-order valence-corrected chi connectivity index (χ2v) is 7.50. The molecule has 0 saturated carbocycles. The van der Waals surface area contributed by atoms with Crippen molar-refractivity contribution in [3.05, 3.63) is 83.9 Å². The Morgan fingerprint density at radius 2 is 1.90 bits per heavy atom. The van der Waals surface area contributed by atoms with E-state index in [2.05, 4.69) is 26.4 Å². The number of rotatable bonds is 5. The van der Waals surface area contributed by atoms with Gasteiger partial charge in [0.25, 0.3) is 0 Å². The Balaban J connectivity index is 1.56. The van der Waals surface area contributed by atoms with E-state index >= 15 is 0 Å². The van der Waals surface area contributed by atoms with Crippen molar-refractivity contribution in [2.75, 3.05) is 5.32 Å². The Morgan fingerprint density at radius 3 is 2.74 bits per heavy atom. The number of pyridine rings is 1. The van der Waals surface area contributed by atoms with Crippen LogP contribution in [0, 0.1) is 12.7 Å². The van der Waals surface area contributed by atoms with Crippen LogP contribution in [-0.2, 0) is 13.6 Å². The van der Waals surface area contributed by atoms with Crippen LogP contribution in [0.1, 0.15) is 11.3 Å². The summed E-state index contributed by atoms with van der Waals surface area (Å²) in [4.78, 5) is 12.8. The summed E-state index contributed by atoms with van der Waals surface area (Å²) < 4.78 is 15.4. The molecular formula is C24H21FN6. The number of anilines is 1. The van der Waals surface area contributed by atoms with Crippen molar-refractivity contribution in [2.24, 2.45) is 7.05 Å². The maximum Gasteiger partial charge on any atom is 0.201 e. The number of hydrogen-bond acceptors (Lipinski definition) is 4. The van der Waals surface area contributed by atoms with E-state index in [1.54, 1.807) is 6.07 Å². The topological polar surface area (TPSA) is 71.4 Å². The van der Waals surface area contributed by atoms with Crippen LogP contribution in [0.25, 0.3) is 33.5 Å². The third kappa shape index (κ3) is 3.77. The number of halogens is 1. The average Bonchev–Trinajstić information content (AvgIpc) is 3.36. The van der Waals surface area contributed by atoms with Gasteiger partial charge in [-0.3, -0.25) is 9.67 Å². The summed E-state index contributed by atoms with van der Waals surface area (Å²) in [6, 6.07) is 18.6. The molecule has 5 aromatic rings. The second-order valence-electron chi connectivity index (χ2n) is 7.50. The van der Waals surface area contributed by atoms with E-state index in [9.17, 15) is 4.39 Å². The minimum absolute atomic E-state index is 0.256. The molecule has 2 aromatic carbocycles. The van der Waals surface area contributed by atoms with E-state index < -0.39 is 0 Å². The van der Waals surface area contributed by atoms with Gasteiger partial charge < -0.3 is 10.3 Å². The molecule has 3 heterocycles. The zero-order valence-electron chi connectivity index (χ0n) is 17.2. The number of H-pyrrole nitrogens is 1. The molecule has 0 amide bonds. The molecule has 31 heavy (non-hydrogen) atoms. The number of hydrogen-bond donors (Lipinski definition) is 2. The Bertz CT molecular complexity index is 1380. The predicted octanol–water partition coefficient (Wildman–Crippen LogP) is 5.09. The summed E-state index contributed by atoms with van der Waals surface area (Å²) >= 11 is 0. The fourth-order valence-electron chi connectivity index (χ4n) is 3.68. The largest absolute Gasteiger partial charge is 0.352 e. The minimum atomic E-state index is -0.256. The average molecular weight is 412 g/mol. The van der Waals surface area contributed by atoms with Crippen molar-refractivity contribution in [3.63, 3.8) is 0 Å². The molecular weight excluding hydrogens is 391 g/mol. The van der Waals surface area contributed by atoms with Crippen LogP contribution in [0.5, 0.6) is 0 Å². The van der Waals surface area contributed by atoms with Crippen LogP contribution in [0.2, 0.25) is 0 Å². The quantitative estimate of drug-likeness (QED) is 0.422. The number of nitrogens with zero attached hydrogens (tertiary/aromatic N) is 4. The van der Waals surface area contributed by atoms with Gasteiger partial charge in [0.2, 0.25) is 5.95 Å². The van der Waals surface area contributed by atoms with Gasteiger partial charge in [-0.2, -0.15) is 5.10 Å². The Kier molecular flexibility index (Phi) is 4.71. The molecule has 0 aliphatic carbocycles. The highest BCUT2D eigenvalue weighted by Crippen LogP contribution is 2.32. The van der Waals surface area contributed by atoms with E-state index in [0.717, 1.165) is 44.8 Å². The first kappa shape index (κ1) is 19.0. The number of aryl methyl sites for hydroxylation is 2. The van der Waals surface area contributed by atoms with E-state index in [4.69, 9.17) is 4.98 Å². The SMILES string of the molecule is Cc1cccc(-c2[nH]c(NCc3cccc(F)c3)nc2-c2ccc3c(cnn3C)c2)n1. The van der Waals surface area contributed by atoms with E-state index in [0.29, 0.717) is 12.5 Å². The van der Waals surface area contributed by atoms with Crippen LogP contribution in [0.3, 0.4) is 0 Å². The first-order valence-corrected chi connectivity index (χ1v) is 10.0. The summed E-state index contributed by atoms with van der Waals surface area (Å²) in [6.45, 7) is 2.41. The molecule has 2 N–H and O–H groups in total. The Labute approximate surface area is 178 Å². The maximum atomic E-state index is 13.5. The van der Waals surface area contributed by atoms with Crippen molar-refractivity contribution in [1.29, 1.82) is 0 Å². The normalized spacial score (nSPS) is 11.2. The molecule has 0 aliphatic heterocycles. The molecule has 0 spiro atoms. The van der Waals surface area contributed by atoms with Gasteiger partial charge in [0.15, 0.2) is 0 Å². The molecule has 7 heteroatoms. The smallest absolute Gasteiger partial charge is 0.201 e. The van der Waals surface area contributed by atoms with E-state index in [1.807, 2.05) is 61.2 Å². The second kappa shape index (κ2) is 7.68. The first-order valence-electron chi connectivity index (χ1n) is 10.0. The number of imidazole rings is 1. The molecule has 0 atom stereocenters. The van der Waals surface area contributed by atoms with Crippen molar-refractivity contribution in [2.45, 2.75) is 13.5 Å². The molecule has 0 bridgehead atoms. The van der Waals surface area contributed by atoms with Gasteiger partial charge in [0, 0.05) is 30.2 Å². The van der Waals surface area contributed by atoms with Crippen LogP contribution in [0.15, 0.2) is 66.9 Å². The molecule has 154 valence electrons. The highest BCUT2D eigenvalue weighted by atomic mass is 19.1. The van der Waals surface area contributed by atoms with Crippen molar-refractivity contribution in [1.82, 2.24) is 24.7 Å². The van der Waals surface area contributed by atoms with Crippen LogP contribution >= 0.6 is 0 Å². The fraction of sp³-hybridized carbons (Fsp3) is 0.125. The monoisotopic (exact) mass is 412 g/mol. The number of fused-ring (bicyclic) bond motifs is 1. The summed E-state index contributed by atoms with van der Waals surface area (Å²) in [5, 5.41) is 8.64. The number of nitrogens with one attached hydrogen (secondary N) is 2. The van der Waals surface area contributed by atoms with Crippen molar-refractivity contribution in [3.8, 4) is 22.6 Å². The lowest BCUT2D eigenvalue weighted by atomic mass is 10.1. The van der Waals surface area contributed by atoms with Gasteiger partial charge in [-0.1, -0.05) is 24.3 Å².